The summed E-state index contributed by atoms with van der Waals surface area (Å²) in [6.07, 6.45) is 0.429. The van der Waals surface area contributed by atoms with Crippen LogP contribution in [0.1, 0.15) is 34.0 Å². The number of anilines is 2. The van der Waals surface area contributed by atoms with Gasteiger partial charge in [-0.1, -0.05) is 12.1 Å². The van der Waals surface area contributed by atoms with Gasteiger partial charge in [-0.25, -0.2) is 17.9 Å². The number of nitrogens with zero attached hydrogens (tertiary/aromatic N) is 2. The van der Waals surface area contributed by atoms with E-state index in [1.807, 2.05) is 13.8 Å². The molecule has 4 aromatic rings. The van der Waals surface area contributed by atoms with Crippen molar-refractivity contribution in [3.8, 4) is 22.9 Å². The molecule has 0 aliphatic carbocycles. The summed E-state index contributed by atoms with van der Waals surface area (Å²) in [4.78, 5) is 13.4. The molecule has 1 fully saturated rings. The van der Waals surface area contributed by atoms with Gasteiger partial charge in [0.1, 0.15) is 23.9 Å². The molecule has 1 aromatic heterocycles. The largest absolute Gasteiger partial charge is 0.485 e. The standard InChI is InChI=1S/C32H31F3N4O4/c1-18-12-26(38-22-15-41-16-22)29(42-17-30(34)35)13-21(18)10-20(3)31(40)24-14-37-39(32(24)36)27-9-8-23(11-19(27)2)43-28-7-5-4-6-25(28)33/h4-14,22,30,38H,15-17,36H2,1-3H3/b20-10+. The van der Waals surface area contributed by atoms with Gasteiger partial charge in [0.15, 0.2) is 17.3 Å². The fourth-order valence-electron chi connectivity index (χ4n) is 4.60. The van der Waals surface area contributed by atoms with Gasteiger partial charge in [-0.15, -0.1) is 0 Å². The van der Waals surface area contributed by atoms with Crippen molar-refractivity contribution in [3.63, 3.8) is 0 Å². The number of ether oxygens (including phenoxy) is 3. The molecule has 0 amide bonds. The fourth-order valence-corrected chi connectivity index (χ4v) is 4.60. The highest BCUT2D eigenvalue weighted by molar-refractivity contribution is 6.13. The smallest absolute Gasteiger partial charge is 0.272 e. The second-order valence-corrected chi connectivity index (χ2v) is 10.3. The Labute approximate surface area is 246 Å². The zero-order valence-electron chi connectivity index (χ0n) is 23.9. The van der Waals surface area contributed by atoms with E-state index >= 15 is 0 Å². The summed E-state index contributed by atoms with van der Waals surface area (Å²) >= 11 is 0. The Morgan fingerprint density at radius 1 is 1.14 bits per heavy atom. The van der Waals surface area contributed by atoms with Crippen LogP contribution in [-0.4, -0.2) is 47.9 Å². The predicted octanol–water partition coefficient (Wildman–Crippen LogP) is 6.74. The van der Waals surface area contributed by atoms with Crippen molar-refractivity contribution in [2.75, 3.05) is 30.9 Å². The first kappa shape index (κ1) is 29.7. The number of halogens is 3. The van der Waals surface area contributed by atoms with E-state index in [2.05, 4.69) is 10.4 Å². The van der Waals surface area contributed by atoms with Crippen LogP contribution < -0.4 is 20.5 Å². The lowest BCUT2D eigenvalue weighted by molar-refractivity contribution is 0.0209. The Morgan fingerprint density at radius 3 is 2.58 bits per heavy atom. The third-order valence-electron chi connectivity index (χ3n) is 6.97. The number of aromatic nitrogens is 2. The molecule has 224 valence electrons. The Bertz CT molecular complexity index is 1680. The fraction of sp³-hybridized carbons (Fsp3) is 0.250. The number of nitrogen functional groups attached to an aromatic ring is 1. The van der Waals surface area contributed by atoms with E-state index in [9.17, 15) is 18.0 Å². The first-order valence-corrected chi connectivity index (χ1v) is 13.6. The SMILES string of the molecule is C/C(=C\c1cc(OCC(F)F)c(NC2COC2)cc1C)C(=O)c1cnn(-c2ccc(Oc3ccccc3F)cc2C)c1N. The number of nitrogens with one attached hydrogen (secondary N) is 1. The van der Waals surface area contributed by atoms with Gasteiger partial charge in [-0.2, -0.15) is 5.10 Å². The summed E-state index contributed by atoms with van der Waals surface area (Å²) in [5.41, 5.74) is 10.4. The average molecular weight is 593 g/mol. The maximum atomic E-state index is 14.0. The Kier molecular flexibility index (Phi) is 8.72. The van der Waals surface area contributed by atoms with E-state index in [4.69, 9.17) is 19.9 Å². The lowest BCUT2D eigenvalue weighted by atomic mass is 10.0. The third kappa shape index (κ3) is 6.67. The molecule has 1 saturated heterocycles. The molecule has 0 bridgehead atoms. The third-order valence-corrected chi connectivity index (χ3v) is 6.97. The molecule has 1 aliphatic heterocycles. The number of aryl methyl sites for hydroxylation is 2. The maximum absolute atomic E-state index is 14.0. The summed E-state index contributed by atoms with van der Waals surface area (Å²) in [5.74, 6) is 0.116. The molecule has 3 aromatic carbocycles. The van der Waals surface area contributed by atoms with Gasteiger partial charge in [0.2, 0.25) is 0 Å². The van der Waals surface area contributed by atoms with Gasteiger partial charge in [0.25, 0.3) is 6.43 Å². The molecule has 0 atom stereocenters. The van der Waals surface area contributed by atoms with Gasteiger partial charge in [-0.3, -0.25) is 4.79 Å². The average Bonchev–Trinajstić information content (AvgIpc) is 3.32. The van der Waals surface area contributed by atoms with Crippen molar-refractivity contribution >= 4 is 23.4 Å². The molecule has 1 aliphatic rings. The van der Waals surface area contributed by atoms with Crippen LogP contribution in [0.5, 0.6) is 17.2 Å². The number of ketones is 1. The minimum absolute atomic E-state index is 0.0664. The summed E-state index contributed by atoms with van der Waals surface area (Å²) < 4.78 is 57.6. The van der Waals surface area contributed by atoms with Crippen molar-refractivity contribution in [2.45, 2.75) is 33.2 Å². The Morgan fingerprint density at radius 2 is 1.91 bits per heavy atom. The molecule has 8 nitrogen and oxygen atoms in total. The van der Waals surface area contributed by atoms with Crippen molar-refractivity contribution in [1.29, 1.82) is 0 Å². The first-order chi connectivity index (χ1) is 20.6. The van der Waals surface area contributed by atoms with E-state index in [1.165, 1.54) is 23.0 Å². The number of hydrogen-bond acceptors (Lipinski definition) is 7. The summed E-state index contributed by atoms with van der Waals surface area (Å²) in [7, 11) is 0. The summed E-state index contributed by atoms with van der Waals surface area (Å²) in [5, 5.41) is 7.60. The van der Waals surface area contributed by atoms with Crippen molar-refractivity contribution < 1.29 is 32.2 Å². The number of benzene rings is 3. The molecule has 11 heteroatoms. The molecular formula is C32H31F3N4O4. The molecule has 5 rings (SSSR count). The molecule has 0 radical (unpaired) electrons. The minimum atomic E-state index is -2.64. The molecule has 3 N–H and O–H groups in total. The van der Waals surface area contributed by atoms with Crippen LogP contribution in [0.2, 0.25) is 0 Å². The topological polar surface area (TPSA) is 101 Å². The van der Waals surface area contributed by atoms with E-state index in [0.29, 0.717) is 41.5 Å². The Balaban J connectivity index is 1.38. The highest BCUT2D eigenvalue weighted by Crippen LogP contribution is 2.33. The summed E-state index contributed by atoms with van der Waals surface area (Å²) in [6.45, 7) is 5.61. The number of nitrogens with two attached hydrogens (primary N) is 1. The molecular weight excluding hydrogens is 561 g/mol. The number of carbonyl (C=O) groups is 1. The second kappa shape index (κ2) is 12.6. The number of alkyl halides is 2. The highest BCUT2D eigenvalue weighted by atomic mass is 19.3. The zero-order valence-corrected chi connectivity index (χ0v) is 23.9. The van der Waals surface area contributed by atoms with Crippen LogP contribution in [-0.2, 0) is 4.74 Å². The second-order valence-electron chi connectivity index (χ2n) is 10.3. The van der Waals surface area contributed by atoms with E-state index in [1.54, 1.807) is 55.5 Å². The minimum Gasteiger partial charge on any atom is -0.485 e. The van der Waals surface area contributed by atoms with Crippen LogP contribution in [0.3, 0.4) is 0 Å². The lowest BCUT2D eigenvalue weighted by Crippen LogP contribution is -2.40. The van der Waals surface area contributed by atoms with Crippen LogP contribution in [0, 0.1) is 19.7 Å². The van der Waals surface area contributed by atoms with Crippen LogP contribution in [0.4, 0.5) is 24.7 Å². The van der Waals surface area contributed by atoms with Crippen LogP contribution in [0.25, 0.3) is 11.8 Å². The van der Waals surface area contributed by atoms with Crippen molar-refractivity contribution in [2.24, 2.45) is 0 Å². The van der Waals surface area contributed by atoms with Gasteiger partial charge < -0.3 is 25.3 Å². The zero-order chi connectivity index (χ0) is 30.7. The van der Waals surface area contributed by atoms with Gasteiger partial charge in [0, 0.05) is 0 Å². The molecule has 0 spiro atoms. The van der Waals surface area contributed by atoms with Crippen molar-refractivity contribution in [3.05, 3.63) is 94.4 Å². The summed E-state index contributed by atoms with van der Waals surface area (Å²) in [6, 6.07) is 14.7. The number of rotatable bonds is 11. The highest BCUT2D eigenvalue weighted by Gasteiger charge is 2.22. The predicted molar refractivity (Wildman–Crippen MR) is 158 cm³/mol. The molecule has 43 heavy (non-hydrogen) atoms. The lowest BCUT2D eigenvalue weighted by Gasteiger charge is -2.29. The molecule has 0 unspecified atom stereocenters. The molecule has 2 heterocycles. The molecule has 0 saturated carbocycles. The van der Waals surface area contributed by atoms with Gasteiger partial charge in [0.05, 0.1) is 42.4 Å². The first-order valence-electron chi connectivity index (χ1n) is 13.6. The number of Topliss-reactive ketones (excluding diaryl/α,β-unsaturated/α-hetero) is 1. The maximum Gasteiger partial charge on any atom is 0.272 e. The quantitative estimate of drug-likeness (QED) is 0.147. The number of allylic oxidation sites excluding steroid dienone is 1. The van der Waals surface area contributed by atoms with E-state index < -0.39 is 18.8 Å². The van der Waals surface area contributed by atoms with Gasteiger partial charge in [-0.05, 0) is 91.6 Å². The number of hydrogen-bond donors (Lipinski definition) is 2. The Hall–Kier alpha value is -4.77. The monoisotopic (exact) mass is 592 g/mol. The van der Waals surface area contributed by atoms with E-state index in [0.717, 1.165) is 11.1 Å². The number of para-hydroxylation sites is 1. The normalized spacial score (nSPS) is 13.6. The van der Waals surface area contributed by atoms with E-state index in [-0.39, 0.29) is 34.7 Å². The number of carbonyl (C=O) groups excluding carboxylic acids is 1. The van der Waals surface area contributed by atoms with Crippen LogP contribution >= 0.6 is 0 Å². The van der Waals surface area contributed by atoms with Crippen molar-refractivity contribution in [1.82, 2.24) is 9.78 Å². The van der Waals surface area contributed by atoms with Gasteiger partial charge >= 0.3 is 0 Å². The van der Waals surface area contributed by atoms with Crippen LogP contribution in [0.15, 0.2) is 66.4 Å².